The highest BCUT2D eigenvalue weighted by Crippen LogP contribution is 2.45. The lowest BCUT2D eigenvalue weighted by Gasteiger charge is -2.29. The minimum Gasteiger partial charge on any atom is -0.496 e. The molecule has 3 aliphatic rings. The average molecular weight is 798 g/mol. The molecule has 0 spiro atoms. The van der Waals surface area contributed by atoms with E-state index in [0.717, 1.165) is 40.9 Å². The van der Waals surface area contributed by atoms with Gasteiger partial charge in [-0.15, -0.1) is 16.4 Å². The number of aromatic nitrogens is 5. The van der Waals surface area contributed by atoms with Crippen molar-refractivity contribution in [2.24, 2.45) is 11.7 Å². The number of carbonyl (C=O) groups is 4. The van der Waals surface area contributed by atoms with Gasteiger partial charge in [0.2, 0.25) is 17.7 Å². The van der Waals surface area contributed by atoms with Crippen LogP contribution in [0.5, 0.6) is 11.5 Å². The number of hydrogen-bond donors (Lipinski definition) is 3. The number of methoxy groups -OCH3 is 1. The number of nitrogens with one attached hydrogen (secondary N) is 2. The Balaban J connectivity index is 1.24. The fraction of sp³-hybridized carbons (Fsp3) is 0.512. The molecule has 15 nitrogen and oxygen atoms in total. The lowest BCUT2D eigenvalue weighted by molar-refractivity contribution is -0.141. The third kappa shape index (κ3) is 8.09. The van der Waals surface area contributed by atoms with Gasteiger partial charge in [0.1, 0.15) is 45.9 Å². The van der Waals surface area contributed by atoms with Crippen LogP contribution in [0, 0.1) is 12.8 Å². The van der Waals surface area contributed by atoms with Crippen LogP contribution in [-0.2, 0) is 14.4 Å². The van der Waals surface area contributed by atoms with Gasteiger partial charge in [0.05, 0.1) is 37.1 Å². The molecule has 3 aromatic heterocycles. The Morgan fingerprint density at radius 3 is 2.61 bits per heavy atom. The largest absolute Gasteiger partial charge is 0.496 e. The molecular formula is C41H51N9O6S. The molecule has 2 aliphatic heterocycles. The summed E-state index contributed by atoms with van der Waals surface area (Å²) in [5.74, 6) is -0.907. The number of ether oxygens (including phenoxy) is 2. The van der Waals surface area contributed by atoms with Gasteiger partial charge in [-0.05, 0) is 64.5 Å². The quantitative estimate of drug-likeness (QED) is 0.194. The highest BCUT2D eigenvalue weighted by molar-refractivity contribution is 7.13. The number of pyridine rings is 1. The van der Waals surface area contributed by atoms with E-state index in [4.69, 9.17) is 25.2 Å². The summed E-state index contributed by atoms with van der Waals surface area (Å²) in [6.07, 6.45) is 8.66. The average Bonchev–Trinajstić information content (AvgIpc) is 3.64. The second-order valence-electron chi connectivity index (χ2n) is 15.9. The molecule has 4 N–H and O–H groups in total. The first-order chi connectivity index (χ1) is 27.3. The molecule has 16 heteroatoms. The lowest BCUT2D eigenvalue weighted by atomic mass is 10.0. The van der Waals surface area contributed by atoms with Crippen LogP contribution in [-0.4, -0.2) is 90.9 Å². The molecule has 0 unspecified atom stereocenters. The fourth-order valence-electron chi connectivity index (χ4n) is 7.71. The fourth-order valence-corrected chi connectivity index (χ4v) is 8.65. The van der Waals surface area contributed by atoms with Gasteiger partial charge in [0.25, 0.3) is 5.91 Å². The maximum atomic E-state index is 14.7. The molecule has 1 saturated heterocycles. The van der Waals surface area contributed by atoms with Gasteiger partial charge in [-0.2, -0.15) is 9.90 Å². The van der Waals surface area contributed by atoms with Crippen molar-refractivity contribution in [2.45, 2.75) is 115 Å². The zero-order valence-corrected chi connectivity index (χ0v) is 34.1. The number of primary amides is 1. The molecule has 4 aromatic rings. The monoisotopic (exact) mass is 797 g/mol. The zero-order chi connectivity index (χ0) is 40.6. The summed E-state index contributed by atoms with van der Waals surface area (Å²) in [6.45, 7) is 9.96. The molecule has 302 valence electrons. The van der Waals surface area contributed by atoms with Gasteiger partial charge in [-0.1, -0.05) is 38.8 Å². The Morgan fingerprint density at radius 1 is 1.11 bits per heavy atom. The number of thiazole rings is 1. The van der Waals surface area contributed by atoms with Crippen molar-refractivity contribution in [1.29, 1.82) is 0 Å². The number of amides is 4. The number of aryl methyl sites for hydroxylation is 1. The maximum absolute atomic E-state index is 14.7. The summed E-state index contributed by atoms with van der Waals surface area (Å²) in [5, 5.41) is 17.9. The van der Waals surface area contributed by atoms with E-state index in [9.17, 15) is 19.2 Å². The highest BCUT2D eigenvalue weighted by Gasteiger charge is 2.60. The molecule has 4 amide bonds. The molecule has 57 heavy (non-hydrogen) atoms. The second-order valence-corrected chi connectivity index (χ2v) is 16.7. The van der Waals surface area contributed by atoms with Crippen molar-refractivity contribution < 1.29 is 28.7 Å². The van der Waals surface area contributed by atoms with Gasteiger partial charge in [0, 0.05) is 34.7 Å². The SMILES string of the molecule is COc1ccc2c(O[C@@H]3C[C@H]4C(=O)N[C@]5(C(N)=O)C[C@H]5/C=C\CCCCC[C@H](NC(=O)c5cnn(C(C)C)n5)C(=O)N4C3)cc(-c3nc(C(C)C)cs3)nc2c1C. The third-order valence-corrected chi connectivity index (χ3v) is 12.1. The summed E-state index contributed by atoms with van der Waals surface area (Å²) < 4.78 is 12.4. The second kappa shape index (κ2) is 16.2. The predicted octanol–water partition coefficient (Wildman–Crippen LogP) is 5.00. The van der Waals surface area contributed by atoms with E-state index in [0.29, 0.717) is 42.0 Å². The number of allylic oxidation sites excluding steroid dienone is 1. The maximum Gasteiger partial charge on any atom is 0.274 e. The predicted molar refractivity (Wildman–Crippen MR) is 215 cm³/mol. The third-order valence-electron chi connectivity index (χ3n) is 11.2. The van der Waals surface area contributed by atoms with E-state index in [1.807, 2.05) is 56.5 Å². The van der Waals surface area contributed by atoms with Crippen LogP contribution in [0.2, 0.25) is 0 Å². The van der Waals surface area contributed by atoms with E-state index in [1.54, 1.807) is 7.11 Å². The van der Waals surface area contributed by atoms with Gasteiger partial charge >= 0.3 is 0 Å². The molecule has 2 fully saturated rings. The van der Waals surface area contributed by atoms with Gasteiger partial charge < -0.3 is 30.7 Å². The van der Waals surface area contributed by atoms with Crippen molar-refractivity contribution >= 4 is 45.9 Å². The molecule has 7 rings (SSSR count). The summed E-state index contributed by atoms with van der Waals surface area (Å²) in [6, 6.07) is 3.56. The Kier molecular flexibility index (Phi) is 11.3. The standard InChI is InChI=1S/C41H51N9O6S/c1-22(2)31-21-57-38(46-31)29-17-34(27-14-15-33(55-6)24(5)35(27)44-29)56-26-16-32-37(52)47-41(40(42)54)18-25(41)12-10-8-7-9-11-13-28(39(53)49(32)20-26)45-36(51)30-19-43-50(48-30)23(3)4/h10,12,14-15,17,19,21-23,25-26,28,32H,7-9,11,13,16,18,20H2,1-6H3,(H2,42,54)(H,45,51)(H,47,52)/b12-10-/t25-,26-,28+,32+,41-/m1/s1. The Labute approximate surface area is 335 Å². The molecule has 1 aromatic carbocycles. The van der Waals surface area contributed by atoms with E-state index in [-0.39, 0.29) is 36.5 Å². The summed E-state index contributed by atoms with van der Waals surface area (Å²) in [4.78, 5) is 68.2. The number of rotatable bonds is 9. The number of nitrogens with two attached hydrogens (primary N) is 1. The molecule has 0 radical (unpaired) electrons. The first-order valence-electron chi connectivity index (χ1n) is 19.7. The van der Waals surface area contributed by atoms with Crippen LogP contribution >= 0.6 is 11.3 Å². The van der Waals surface area contributed by atoms with E-state index >= 15 is 0 Å². The highest BCUT2D eigenvalue weighted by atomic mass is 32.1. The van der Waals surface area contributed by atoms with Crippen molar-refractivity contribution in [3.05, 3.63) is 58.9 Å². The minimum absolute atomic E-state index is 0.0444. The van der Waals surface area contributed by atoms with E-state index in [2.05, 4.69) is 34.7 Å². The Bertz CT molecular complexity index is 2210. The number of benzene rings is 1. The molecular weight excluding hydrogens is 747 g/mol. The normalized spacial score (nSPS) is 24.7. The molecule has 5 heterocycles. The molecule has 5 atom stereocenters. The van der Waals surface area contributed by atoms with Crippen molar-refractivity contribution in [3.8, 4) is 22.2 Å². The number of carbonyl (C=O) groups excluding carboxylic acids is 4. The van der Waals surface area contributed by atoms with Crippen molar-refractivity contribution in [3.63, 3.8) is 0 Å². The van der Waals surface area contributed by atoms with E-state index < -0.39 is 47.4 Å². The first kappa shape index (κ1) is 39.8. The van der Waals surface area contributed by atoms with Crippen LogP contribution < -0.4 is 25.8 Å². The van der Waals surface area contributed by atoms with Crippen molar-refractivity contribution in [1.82, 2.24) is 40.5 Å². The molecule has 0 bridgehead atoms. The van der Waals surface area contributed by atoms with Gasteiger partial charge in [-0.25, -0.2) is 9.97 Å². The number of fused-ring (bicyclic) bond motifs is 3. The van der Waals surface area contributed by atoms with E-state index in [1.165, 1.54) is 27.2 Å². The Hall–Kier alpha value is -5.38. The van der Waals surface area contributed by atoms with Crippen LogP contribution in [0.4, 0.5) is 0 Å². The number of hydrogen-bond acceptors (Lipinski definition) is 11. The Morgan fingerprint density at radius 2 is 1.91 bits per heavy atom. The van der Waals surface area contributed by atoms with Crippen LogP contribution in [0.15, 0.2) is 41.9 Å². The minimum atomic E-state index is -1.24. The number of nitrogens with zero attached hydrogens (tertiary/aromatic N) is 6. The topological polar surface area (TPSA) is 197 Å². The molecule has 1 aliphatic carbocycles. The van der Waals surface area contributed by atoms with Gasteiger partial charge in [-0.3, -0.25) is 19.2 Å². The van der Waals surface area contributed by atoms with Crippen LogP contribution in [0.1, 0.15) is 106 Å². The summed E-state index contributed by atoms with van der Waals surface area (Å²) >= 11 is 1.50. The zero-order valence-electron chi connectivity index (χ0n) is 33.3. The van der Waals surface area contributed by atoms with Crippen molar-refractivity contribution in [2.75, 3.05) is 13.7 Å². The molecule has 1 saturated carbocycles. The van der Waals surface area contributed by atoms with Crippen LogP contribution in [0.3, 0.4) is 0 Å². The summed E-state index contributed by atoms with van der Waals surface area (Å²) in [7, 11) is 1.61. The first-order valence-corrected chi connectivity index (χ1v) is 20.6. The summed E-state index contributed by atoms with van der Waals surface area (Å²) in [5.41, 5.74) is 7.84. The lowest BCUT2D eigenvalue weighted by Crippen LogP contribution is -2.57. The smallest absolute Gasteiger partial charge is 0.274 e. The van der Waals surface area contributed by atoms with Gasteiger partial charge in [0.15, 0.2) is 5.69 Å². The van der Waals surface area contributed by atoms with Crippen LogP contribution in [0.25, 0.3) is 21.6 Å².